The first-order valence-electron chi connectivity index (χ1n) is 3.10. The van der Waals surface area contributed by atoms with Crippen molar-refractivity contribution in [2.24, 2.45) is 5.73 Å². The Bertz CT molecular complexity index is 117. The van der Waals surface area contributed by atoms with Crippen LogP contribution in [0.15, 0.2) is 0 Å². The van der Waals surface area contributed by atoms with Crippen molar-refractivity contribution in [3.63, 3.8) is 0 Å². The molecule has 0 aromatic rings. The van der Waals surface area contributed by atoms with Crippen LogP contribution in [0.25, 0.3) is 0 Å². The summed E-state index contributed by atoms with van der Waals surface area (Å²) in [5, 5.41) is 13.9. The van der Waals surface area contributed by atoms with E-state index in [1.807, 2.05) is 6.92 Å². The summed E-state index contributed by atoms with van der Waals surface area (Å²) in [6.07, 6.45) is 2.65. The Morgan fingerprint density at radius 1 is 1.44 bits per heavy atom. The molecule has 0 heterocycles. The first kappa shape index (κ1) is 8.14. The molecule has 3 heteroatoms. The highest BCUT2D eigenvalue weighted by Gasteiger charge is 1.96. The Morgan fingerprint density at radius 3 is 2.33 bits per heavy atom. The summed E-state index contributed by atoms with van der Waals surface area (Å²) in [6, 6.07) is 0. The molecule has 4 N–H and O–H groups in total. The van der Waals surface area contributed by atoms with E-state index in [2.05, 4.69) is 0 Å². The first-order chi connectivity index (χ1) is 4.18. The van der Waals surface area contributed by atoms with Crippen molar-refractivity contribution in [3.8, 4) is 0 Å². The molecule has 52 valence electrons. The molecule has 0 saturated heterocycles. The summed E-state index contributed by atoms with van der Waals surface area (Å²) in [5.41, 5.74) is 5.30. The molecule has 0 fully saturated rings. The number of hydrogen-bond donors (Lipinski definition) is 3. The second-order valence-corrected chi connectivity index (χ2v) is 2.00. The van der Waals surface area contributed by atoms with E-state index in [1.165, 1.54) is 0 Å². The van der Waals surface area contributed by atoms with Gasteiger partial charge in [-0.25, -0.2) is 0 Å². The van der Waals surface area contributed by atoms with E-state index in [9.17, 15) is 0 Å². The third-order valence-corrected chi connectivity index (χ3v) is 1.11. The molecule has 0 unspecified atom stereocenters. The zero-order valence-electron chi connectivity index (χ0n) is 5.70. The average molecular weight is 127 g/mol. The Balaban J connectivity index is 3.39. The maximum absolute atomic E-state index is 7.10. The highest BCUT2D eigenvalue weighted by molar-refractivity contribution is 6.38. The summed E-state index contributed by atoms with van der Waals surface area (Å²) in [7, 11) is 0. The van der Waals surface area contributed by atoms with E-state index in [-0.39, 0.29) is 11.5 Å². The van der Waals surface area contributed by atoms with Crippen LogP contribution in [0.5, 0.6) is 0 Å². The van der Waals surface area contributed by atoms with Gasteiger partial charge in [0.1, 0.15) is 5.84 Å². The van der Waals surface area contributed by atoms with E-state index >= 15 is 0 Å². The lowest BCUT2D eigenvalue weighted by Gasteiger charge is -1.97. The Morgan fingerprint density at radius 2 is 2.00 bits per heavy atom. The minimum Gasteiger partial charge on any atom is -0.383 e. The first-order valence-corrected chi connectivity index (χ1v) is 3.10. The lowest BCUT2D eigenvalue weighted by atomic mass is 10.2. The summed E-state index contributed by atoms with van der Waals surface area (Å²) in [6.45, 7) is 2.05. The predicted octanol–water partition coefficient (Wildman–Crippen LogP) is 1.13. The van der Waals surface area contributed by atoms with Gasteiger partial charge in [-0.1, -0.05) is 13.3 Å². The molecule has 0 amide bonds. The third-order valence-electron chi connectivity index (χ3n) is 1.11. The molecular weight excluding hydrogens is 114 g/mol. The van der Waals surface area contributed by atoms with Crippen molar-refractivity contribution >= 4 is 11.5 Å². The minimum atomic E-state index is -0.0940. The fraction of sp³-hybridized carbons (Fsp3) is 0.667. The highest BCUT2D eigenvalue weighted by atomic mass is 14.7. The quantitative estimate of drug-likeness (QED) is 0.384. The lowest BCUT2D eigenvalue weighted by molar-refractivity contribution is 0.835. The molecule has 0 radical (unpaired) electrons. The molecule has 0 bridgehead atoms. The maximum Gasteiger partial charge on any atom is 0.136 e. The summed E-state index contributed by atoms with van der Waals surface area (Å²) < 4.78 is 0. The van der Waals surface area contributed by atoms with Crippen LogP contribution in [0.3, 0.4) is 0 Å². The van der Waals surface area contributed by atoms with E-state index in [4.69, 9.17) is 16.6 Å². The molecule has 0 aromatic carbocycles. The number of nitrogens with one attached hydrogen (secondary N) is 2. The predicted molar refractivity (Wildman–Crippen MR) is 39.2 cm³/mol. The molecule has 0 atom stereocenters. The molecule has 3 nitrogen and oxygen atoms in total. The molecule has 0 aliphatic rings. The lowest BCUT2D eigenvalue weighted by Crippen LogP contribution is -2.20. The molecule has 0 aliphatic carbocycles. The maximum atomic E-state index is 7.10. The molecule has 0 spiro atoms. The molecule has 0 aromatic heterocycles. The summed E-state index contributed by atoms with van der Waals surface area (Å²) in [5.74, 6) is -0.0940. The Hall–Kier alpha value is -0.860. The van der Waals surface area contributed by atoms with Crippen LogP contribution < -0.4 is 5.73 Å². The van der Waals surface area contributed by atoms with Gasteiger partial charge in [0.2, 0.25) is 0 Å². The number of amidine groups is 1. The van der Waals surface area contributed by atoms with Crippen LogP contribution in [0.2, 0.25) is 0 Å². The van der Waals surface area contributed by atoms with Crippen molar-refractivity contribution in [3.05, 3.63) is 0 Å². The van der Waals surface area contributed by atoms with Gasteiger partial charge in [0.15, 0.2) is 0 Å². The van der Waals surface area contributed by atoms with Crippen molar-refractivity contribution < 1.29 is 0 Å². The molecule has 0 rings (SSSR count). The number of rotatable bonds is 4. The monoisotopic (exact) mass is 127 g/mol. The fourth-order valence-electron chi connectivity index (χ4n) is 0.488. The fourth-order valence-corrected chi connectivity index (χ4v) is 0.488. The number of nitrogens with two attached hydrogens (primary N) is 1. The number of hydrogen-bond acceptors (Lipinski definition) is 2. The van der Waals surface area contributed by atoms with Gasteiger partial charge in [-0.05, 0) is 12.8 Å². The Kier molecular flexibility index (Phi) is 3.67. The van der Waals surface area contributed by atoms with Gasteiger partial charge in [0.25, 0.3) is 0 Å². The van der Waals surface area contributed by atoms with Gasteiger partial charge in [0, 0.05) is 0 Å². The SMILES string of the molecule is CCCCC(=N)C(=N)N. The number of unbranched alkanes of at least 4 members (excludes halogenated alkanes) is 1. The van der Waals surface area contributed by atoms with Gasteiger partial charge in [-0.15, -0.1) is 0 Å². The normalized spacial score (nSPS) is 9.00. The summed E-state index contributed by atoms with van der Waals surface area (Å²) >= 11 is 0. The second-order valence-electron chi connectivity index (χ2n) is 2.00. The second kappa shape index (κ2) is 4.06. The van der Waals surface area contributed by atoms with Crippen LogP contribution in [-0.2, 0) is 0 Å². The van der Waals surface area contributed by atoms with Crippen LogP contribution in [0, 0.1) is 10.8 Å². The largest absolute Gasteiger partial charge is 0.383 e. The summed E-state index contributed by atoms with van der Waals surface area (Å²) in [4.78, 5) is 0. The van der Waals surface area contributed by atoms with Crippen LogP contribution in [-0.4, -0.2) is 11.5 Å². The zero-order valence-corrected chi connectivity index (χ0v) is 5.70. The van der Waals surface area contributed by atoms with Crippen molar-refractivity contribution in [1.82, 2.24) is 0 Å². The zero-order chi connectivity index (χ0) is 7.28. The third kappa shape index (κ3) is 3.70. The van der Waals surface area contributed by atoms with E-state index < -0.39 is 0 Å². The molecule has 0 saturated carbocycles. The van der Waals surface area contributed by atoms with Crippen molar-refractivity contribution in [2.75, 3.05) is 0 Å². The highest BCUT2D eigenvalue weighted by Crippen LogP contribution is 1.94. The minimum absolute atomic E-state index is 0.0940. The Labute approximate surface area is 55.3 Å². The van der Waals surface area contributed by atoms with Gasteiger partial charge in [-0.2, -0.15) is 0 Å². The van der Waals surface area contributed by atoms with E-state index in [1.54, 1.807) is 0 Å². The van der Waals surface area contributed by atoms with Gasteiger partial charge in [-0.3, -0.25) is 5.41 Å². The molecule has 9 heavy (non-hydrogen) atoms. The average Bonchev–Trinajstić information content (AvgIpc) is 1.82. The van der Waals surface area contributed by atoms with Crippen molar-refractivity contribution in [1.29, 1.82) is 10.8 Å². The topological polar surface area (TPSA) is 73.7 Å². The smallest absolute Gasteiger partial charge is 0.136 e. The van der Waals surface area contributed by atoms with Crippen LogP contribution in [0.4, 0.5) is 0 Å². The van der Waals surface area contributed by atoms with Crippen molar-refractivity contribution in [2.45, 2.75) is 26.2 Å². The van der Waals surface area contributed by atoms with Gasteiger partial charge < -0.3 is 11.1 Å². The van der Waals surface area contributed by atoms with Crippen LogP contribution >= 0.6 is 0 Å². The molecular formula is C6H13N3. The molecule has 0 aliphatic heterocycles. The van der Waals surface area contributed by atoms with Crippen LogP contribution in [0.1, 0.15) is 26.2 Å². The van der Waals surface area contributed by atoms with E-state index in [0.717, 1.165) is 12.8 Å². The van der Waals surface area contributed by atoms with Gasteiger partial charge in [0.05, 0.1) is 5.71 Å². The van der Waals surface area contributed by atoms with Gasteiger partial charge >= 0.3 is 0 Å². The standard InChI is InChI=1S/C6H13N3/c1-2-3-4-5(7)6(8)9/h7H,2-4H2,1H3,(H3,8,9). The van der Waals surface area contributed by atoms with E-state index in [0.29, 0.717) is 6.42 Å².